The van der Waals surface area contributed by atoms with Gasteiger partial charge < -0.3 is 15.4 Å². The van der Waals surface area contributed by atoms with E-state index in [-0.39, 0.29) is 11.5 Å². The van der Waals surface area contributed by atoms with Gasteiger partial charge in [-0.2, -0.15) is 0 Å². The molecule has 1 aliphatic rings. The van der Waals surface area contributed by atoms with E-state index in [2.05, 4.69) is 15.6 Å². The molecule has 0 bridgehead atoms. The molecule has 98 valence electrons. The fourth-order valence-electron chi connectivity index (χ4n) is 2.03. The molecule has 2 heterocycles. The van der Waals surface area contributed by atoms with Crippen LogP contribution in [0.2, 0.25) is 0 Å². The van der Waals surface area contributed by atoms with Crippen LogP contribution in [0.5, 0.6) is 0 Å². The number of aromatic nitrogens is 1. The van der Waals surface area contributed by atoms with Gasteiger partial charge in [0.2, 0.25) is 0 Å². The summed E-state index contributed by atoms with van der Waals surface area (Å²) >= 11 is 0. The maximum absolute atomic E-state index is 12.0. The van der Waals surface area contributed by atoms with Crippen molar-refractivity contribution in [2.75, 3.05) is 25.5 Å². The molecular formula is C13H19N3O2. The van der Waals surface area contributed by atoms with Gasteiger partial charge in [0, 0.05) is 20.2 Å². The van der Waals surface area contributed by atoms with E-state index >= 15 is 0 Å². The minimum absolute atomic E-state index is 0.163. The van der Waals surface area contributed by atoms with Crippen molar-refractivity contribution in [1.82, 2.24) is 10.3 Å². The Hall–Kier alpha value is -1.62. The third kappa shape index (κ3) is 2.98. The van der Waals surface area contributed by atoms with E-state index in [1.807, 2.05) is 19.1 Å². The Morgan fingerprint density at radius 1 is 1.56 bits per heavy atom. The maximum Gasteiger partial charge on any atom is 0.270 e. The van der Waals surface area contributed by atoms with Gasteiger partial charge in [0.05, 0.1) is 5.60 Å². The second-order valence-electron chi connectivity index (χ2n) is 4.74. The second kappa shape index (κ2) is 5.35. The summed E-state index contributed by atoms with van der Waals surface area (Å²) in [5, 5.41) is 5.79. The highest BCUT2D eigenvalue weighted by Crippen LogP contribution is 2.23. The van der Waals surface area contributed by atoms with Crippen molar-refractivity contribution < 1.29 is 9.53 Å². The van der Waals surface area contributed by atoms with Crippen LogP contribution < -0.4 is 10.6 Å². The first-order valence-corrected chi connectivity index (χ1v) is 6.20. The zero-order chi connectivity index (χ0) is 13.0. The Labute approximate surface area is 107 Å². The standard InChI is InChI=1S/C13H19N3O2/c1-13(7-4-8-18-13)9-15-12(17)10-5-3-6-11(14-2)16-10/h3,5-6H,4,7-9H2,1-2H3,(H,14,16)(H,15,17). The summed E-state index contributed by atoms with van der Waals surface area (Å²) in [4.78, 5) is 16.1. The molecule has 1 aromatic rings. The quantitative estimate of drug-likeness (QED) is 0.847. The van der Waals surface area contributed by atoms with Crippen LogP contribution >= 0.6 is 0 Å². The molecule has 0 aliphatic carbocycles. The van der Waals surface area contributed by atoms with E-state index in [4.69, 9.17) is 4.74 Å². The molecule has 2 N–H and O–H groups in total. The lowest BCUT2D eigenvalue weighted by molar-refractivity contribution is 0.0205. The van der Waals surface area contributed by atoms with Crippen LogP contribution in [-0.2, 0) is 4.74 Å². The summed E-state index contributed by atoms with van der Waals surface area (Å²) in [6, 6.07) is 5.33. The molecule has 1 atom stereocenters. The Kier molecular flexibility index (Phi) is 3.81. The minimum Gasteiger partial charge on any atom is -0.373 e. The highest BCUT2D eigenvalue weighted by atomic mass is 16.5. The smallest absolute Gasteiger partial charge is 0.270 e. The largest absolute Gasteiger partial charge is 0.373 e. The summed E-state index contributed by atoms with van der Waals surface area (Å²) in [5.74, 6) is 0.523. The van der Waals surface area contributed by atoms with Crippen LogP contribution in [0.3, 0.4) is 0 Å². The minimum atomic E-state index is -0.226. The molecule has 2 rings (SSSR count). The topological polar surface area (TPSA) is 63.2 Å². The lowest BCUT2D eigenvalue weighted by atomic mass is 10.0. The molecule has 1 fully saturated rings. The van der Waals surface area contributed by atoms with Gasteiger partial charge in [-0.25, -0.2) is 4.98 Å². The van der Waals surface area contributed by atoms with Gasteiger partial charge in [-0.3, -0.25) is 4.79 Å². The molecule has 1 saturated heterocycles. The van der Waals surface area contributed by atoms with Gasteiger partial charge >= 0.3 is 0 Å². The van der Waals surface area contributed by atoms with Crippen LogP contribution in [0, 0.1) is 0 Å². The second-order valence-corrected chi connectivity index (χ2v) is 4.74. The van der Waals surface area contributed by atoms with Crippen LogP contribution in [0.15, 0.2) is 18.2 Å². The zero-order valence-electron chi connectivity index (χ0n) is 10.8. The van der Waals surface area contributed by atoms with E-state index in [0.717, 1.165) is 19.4 Å². The number of rotatable bonds is 4. The van der Waals surface area contributed by atoms with Crippen LogP contribution in [0.25, 0.3) is 0 Å². The summed E-state index contributed by atoms with van der Waals surface area (Å²) in [6.45, 7) is 3.33. The average Bonchev–Trinajstić information content (AvgIpc) is 2.83. The van der Waals surface area contributed by atoms with Gasteiger partial charge in [0.25, 0.3) is 5.91 Å². The predicted octanol–water partition coefficient (Wildman–Crippen LogP) is 1.42. The van der Waals surface area contributed by atoms with Crippen molar-refractivity contribution in [2.45, 2.75) is 25.4 Å². The van der Waals surface area contributed by atoms with E-state index in [0.29, 0.717) is 18.1 Å². The number of hydrogen-bond acceptors (Lipinski definition) is 4. The molecule has 1 aromatic heterocycles. The number of nitrogens with zero attached hydrogens (tertiary/aromatic N) is 1. The Morgan fingerprint density at radius 3 is 3.06 bits per heavy atom. The summed E-state index contributed by atoms with van der Waals surface area (Å²) in [7, 11) is 1.78. The fraction of sp³-hybridized carbons (Fsp3) is 0.538. The number of anilines is 1. The zero-order valence-corrected chi connectivity index (χ0v) is 10.8. The van der Waals surface area contributed by atoms with E-state index in [1.165, 1.54) is 0 Å². The summed E-state index contributed by atoms with van der Waals surface area (Å²) in [5.41, 5.74) is 0.194. The number of amides is 1. The average molecular weight is 249 g/mol. The van der Waals surface area contributed by atoms with Gasteiger partial charge in [0.15, 0.2) is 0 Å². The number of hydrogen-bond donors (Lipinski definition) is 2. The Bertz CT molecular complexity index is 428. The predicted molar refractivity (Wildman–Crippen MR) is 69.7 cm³/mol. The van der Waals surface area contributed by atoms with Gasteiger partial charge in [-0.1, -0.05) is 6.07 Å². The molecule has 5 nitrogen and oxygen atoms in total. The highest BCUT2D eigenvalue weighted by molar-refractivity contribution is 5.92. The van der Waals surface area contributed by atoms with Gasteiger partial charge in [-0.05, 0) is 31.9 Å². The molecular weight excluding hydrogens is 230 g/mol. The lowest BCUT2D eigenvalue weighted by Gasteiger charge is -2.23. The molecule has 1 aliphatic heterocycles. The van der Waals surface area contributed by atoms with Crippen LogP contribution in [0.1, 0.15) is 30.3 Å². The van der Waals surface area contributed by atoms with E-state index in [9.17, 15) is 4.79 Å². The van der Waals surface area contributed by atoms with Gasteiger partial charge in [-0.15, -0.1) is 0 Å². The molecule has 1 unspecified atom stereocenters. The van der Waals surface area contributed by atoms with Crippen molar-refractivity contribution in [2.24, 2.45) is 0 Å². The number of carbonyl (C=O) groups is 1. The molecule has 0 radical (unpaired) electrons. The van der Waals surface area contributed by atoms with Crippen LogP contribution in [-0.4, -0.2) is 36.7 Å². The highest BCUT2D eigenvalue weighted by Gasteiger charge is 2.30. The Balaban J connectivity index is 1.94. The molecule has 18 heavy (non-hydrogen) atoms. The van der Waals surface area contributed by atoms with Crippen molar-refractivity contribution in [3.8, 4) is 0 Å². The number of carbonyl (C=O) groups excluding carboxylic acids is 1. The lowest BCUT2D eigenvalue weighted by Crippen LogP contribution is -2.40. The SMILES string of the molecule is CNc1cccc(C(=O)NCC2(C)CCCO2)n1. The van der Waals surface area contributed by atoms with Gasteiger partial charge in [0.1, 0.15) is 11.5 Å². The first kappa shape index (κ1) is 12.8. The van der Waals surface area contributed by atoms with Crippen molar-refractivity contribution in [3.63, 3.8) is 0 Å². The third-order valence-corrected chi connectivity index (χ3v) is 3.16. The summed E-state index contributed by atoms with van der Waals surface area (Å²) < 4.78 is 5.62. The normalized spacial score (nSPS) is 22.8. The number of nitrogens with one attached hydrogen (secondary N) is 2. The molecule has 0 spiro atoms. The monoisotopic (exact) mass is 249 g/mol. The fourth-order valence-corrected chi connectivity index (χ4v) is 2.03. The first-order valence-electron chi connectivity index (χ1n) is 6.20. The van der Waals surface area contributed by atoms with E-state index in [1.54, 1.807) is 13.1 Å². The molecule has 0 saturated carbocycles. The summed E-state index contributed by atoms with van der Waals surface area (Å²) in [6.07, 6.45) is 2.04. The van der Waals surface area contributed by atoms with Crippen molar-refractivity contribution in [3.05, 3.63) is 23.9 Å². The molecule has 1 amide bonds. The van der Waals surface area contributed by atoms with Crippen molar-refractivity contribution >= 4 is 11.7 Å². The molecule has 5 heteroatoms. The first-order chi connectivity index (χ1) is 8.63. The maximum atomic E-state index is 12.0. The number of ether oxygens (including phenoxy) is 1. The van der Waals surface area contributed by atoms with Crippen molar-refractivity contribution in [1.29, 1.82) is 0 Å². The molecule has 0 aromatic carbocycles. The Morgan fingerprint density at radius 2 is 2.39 bits per heavy atom. The third-order valence-electron chi connectivity index (χ3n) is 3.16. The van der Waals surface area contributed by atoms with Crippen LogP contribution in [0.4, 0.5) is 5.82 Å². The number of pyridine rings is 1. The van der Waals surface area contributed by atoms with E-state index < -0.39 is 0 Å².